The number of nitrogens with one attached hydrogen (secondary N) is 1. The van der Waals surface area contributed by atoms with Crippen LogP contribution in [0.25, 0.3) is 0 Å². The van der Waals surface area contributed by atoms with Crippen LogP contribution in [0.5, 0.6) is 0 Å². The maximum Gasteiger partial charge on any atom is 0.0490 e. The monoisotopic (exact) mass is 136 g/mol. The van der Waals surface area contributed by atoms with E-state index in [1.807, 2.05) is 6.07 Å². The average molecular weight is 136 g/mol. The van der Waals surface area contributed by atoms with E-state index in [9.17, 15) is 0 Å². The number of rotatable bonds is 3. The summed E-state index contributed by atoms with van der Waals surface area (Å²) in [7, 11) is 0. The molecule has 0 aliphatic carbocycles. The van der Waals surface area contributed by atoms with Crippen LogP contribution in [0.15, 0.2) is 24.4 Å². The Hall–Kier alpha value is -1.05. The summed E-state index contributed by atoms with van der Waals surface area (Å²) in [4.78, 5) is 0. The number of aromatic nitrogens is 2. The summed E-state index contributed by atoms with van der Waals surface area (Å²) in [6.45, 7) is 2.13. The second-order valence-corrected chi connectivity index (χ2v) is 2.17. The minimum Gasteiger partial charge on any atom is -0.282 e. The van der Waals surface area contributed by atoms with Crippen molar-refractivity contribution < 1.29 is 0 Å². The van der Waals surface area contributed by atoms with E-state index >= 15 is 0 Å². The highest BCUT2D eigenvalue weighted by atomic mass is 15.1. The van der Waals surface area contributed by atoms with Gasteiger partial charge in [-0.15, -0.1) is 0 Å². The first-order valence-electron chi connectivity index (χ1n) is 3.56. The molecule has 0 aliphatic rings. The summed E-state index contributed by atoms with van der Waals surface area (Å²) in [5.41, 5.74) is 1.17. The van der Waals surface area contributed by atoms with Gasteiger partial charge in [0, 0.05) is 18.3 Å². The van der Waals surface area contributed by atoms with Gasteiger partial charge in [-0.3, -0.25) is 5.10 Å². The Morgan fingerprint density at radius 1 is 1.60 bits per heavy atom. The van der Waals surface area contributed by atoms with Gasteiger partial charge in [-0.25, -0.2) is 0 Å². The summed E-state index contributed by atoms with van der Waals surface area (Å²) in [6.07, 6.45) is 8.14. The molecule has 0 saturated carbocycles. The van der Waals surface area contributed by atoms with Gasteiger partial charge in [0.1, 0.15) is 0 Å². The molecule has 0 amide bonds. The molecule has 1 aromatic heterocycles. The van der Waals surface area contributed by atoms with Crippen molar-refractivity contribution in [3.8, 4) is 0 Å². The molecule has 0 unspecified atom stereocenters. The van der Waals surface area contributed by atoms with Crippen LogP contribution in [0.4, 0.5) is 0 Å². The largest absolute Gasteiger partial charge is 0.282 e. The number of nitrogens with zero attached hydrogens (tertiary/aromatic N) is 1. The van der Waals surface area contributed by atoms with Crippen LogP contribution < -0.4 is 0 Å². The molecule has 0 fully saturated rings. The van der Waals surface area contributed by atoms with E-state index in [2.05, 4.69) is 29.3 Å². The van der Waals surface area contributed by atoms with Crippen LogP contribution in [-0.2, 0) is 6.42 Å². The lowest BCUT2D eigenvalue weighted by Crippen LogP contribution is -1.79. The highest BCUT2D eigenvalue weighted by molar-refractivity contribution is 5.03. The van der Waals surface area contributed by atoms with Crippen molar-refractivity contribution in [1.29, 1.82) is 0 Å². The van der Waals surface area contributed by atoms with E-state index in [1.165, 1.54) is 5.69 Å². The number of hydrogen-bond donors (Lipinski definition) is 1. The van der Waals surface area contributed by atoms with Crippen molar-refractivity contribution in [2.24, 2.45) is 0 Å². The van der Waals surface area contributed by atoms with Gasteiger partial charge in [0.2, 0.25) is 0 Å². The number of H-pyrrole nitrogens is 1. The van der Waals surface area contributed by atoms with Crippen LogP contribution in [0, 0.1) is 0 Å². The van der Waals surface area contributed by atoms with E-state index in [4.69, 9.17) is 0 Å². The minimum absolute atomic E-state index is 0.966. The van der Waals surface area contributed by atoms with Crippen molar-refractivity contribution in [3.63, 3.8) is 0 Å². The van der Waals surface area contributed by atoms with Crippen molar-refractivity contribution in [2.45, 2.75) is 19.8 Å². The Morgan fingerprint density at radius 3 is 3.10 bits per heavy atom. The molecule has 54 valence electrons. The van der Waals surface area contributed by atoms with E-state index in [0.29, 0.717) is 0 Å². The van der Waals surface area contributed by atoms with Crippen molar-refractivity contribution in [2.75, 3.05) is 0 Å². The SMILES string of the molecule is CC/C=C\Cc1ccn[nH]1. The molecule has 0 spiro atoms. The molecule has 1 aromatic rings. The minimum atomic E-state index is 0.966. The van der Waals surface area contributed by atoms with Crippen LogP contribution in [0.3, 0.4) is 0 Å². The van der Waals surface area contributed by atoms with E-state index < -0.39 is 0 Å². The van der Waals surface area contributed by atoms with Crippen molar-refractivity contribution in [3.05, 3.63) is 30.1 Å². The van der Waals surface area contributed by atoms with Crippen LogP contribution in [0.1, 0.15) is 19.0 Å². The van der Waals surface area contributed by atoms with Crippen molar-refractivity contribution >= 4 is 0 Å². The first-order valence-corrected chi connectivity index (χ1v) is 3.56. The third-order valence-electron chi connectivity index (χ3n) is 1.30. The fourth-order valence-corrected chi connectivity index (χ4v) is 0.775. The molecule has 1 rings (SSSR count). The molecule has 0 radical (unpaired) electrons. The molecular formula is C8H12N2. The van der Waals surface area contributed by atoms with Crippen LogP contribution in [0.2, 0.25) is 0 Å². The first-order chi connectivity index (χ1) is 4.93. The van der Waals surface area contributed by atoms with Gasteiger partial charge in [-0.05, 0) is 12.5 Å². The number of aromatic amines is 1. The van der Waals surface area contributed by atoms with Gasteiger partial charge >= 0.3 is 0 Å². The highest BCUT2D eigenvalue weighted by Crippen LogP contribution is 1.94. The lowest BCUT2D eigenvalue weighted by Gasteiger charge is -1.85. The Bertz CT molecular complexity index is 187. The van der Waals surface area contributed by atoms with Crippen LogP contribution >= 0.6 is 0 Å². The Balaban J connectivity index is 2.34. The zero-order chi connectivity index (χ0) is 7.23. The molecule has 2 nitrogen and oxygen atoms in total. The molecular weight excluding hydrogens is 124 g/mol. The van der Waals surface area contributed by atoms with Gasteiger partial charge in [-0.1, -0.05) is 19.1 Å². The Labute approximate surface area is 61.0 Å². The fourth-order valence-electron chi connectivity index (χ4n) is 0.775. The van der Waals surface area contributed by atoms with Crippen LogP contribution in [-0.4, -0.2) is 10.2 Å². The Morgan fingerprint density at radius 2 is 2.50 bits per heavy atom. The second-order valence-electron chi connectivity index (χ2n) is 2.17. The maximum absolute atomic E-state index is 3.84. The molecule has 1 heterocycles. The molecule has 2 heteroatoms. The van der Waals surface area contributed by atoms with Gasteiger partial charge in [0.05, 0.1) is 0 Å². The number of hydrogen-bond acceptors (Lipinski definition) is 1. The standard InChI is InChI=1S/C8H12N2/c1-2-3-4-5-8-6-7-9-10-8/h3-4,6-7H,2,5H2,1H3,(H,9,10)/b4-3-. The lowest BCUT2D eigenvalue weighted by atomic mass is 10.3. The smallest absolute Gasteiger partial charge is 0.0490 e. The molecule has 0 aliphatic heterocycles. The zero-order valence-electron chi connectivity index (χ0n) is 6.17. The third-order valence-corrected chi connectivity index (χ3v) is 1.30. The topological polar surface area (TPSA) is 28.7 Å². The Kier molecular flexibility index (Phi) is 2.74. The van der Waals surface area contributed by atoms with E-state index in [0.717, 1.165) is 12.8 Å². The van der Waals surface area contributed by atoms with Gasteiger partial charge in [0.25, 0.3) is 0 Å². The molecule has 0 bridgehead atoms. The average Bonchev–Trinajstić information content (AvgIpc) is 2.41. The predicted octanol–water partition coefficient (Wildman–Crippen LogP) is 1.92. The predicted molar refractivity (Wildman–Crippen MR) is 41.7 cm³/mol. The summed E-state index contributed by atoms with van der Waals surface area (Å²) in [5.74, 6) is 0. The third kappa shape index (κ3) is 2.05. The maximum atomic E-state index is 3.84. The second kappa shape index (κ2) is 3.88. The van der Waals surface area contributed by atoms with Gasteiger partial charge in [-0.2, -0.15) is 5.10 Å². The quantitative estimate of drug-likeness (QED) is 0.632. The molecule has 0 aromatic carbocycles. The summed E-state index contributed by atoms with van der Waals surface area (Å²) < 4.78 is 0. The number of allylic oxidation sites excluding steroid dienone is 2. The fraction of sp³-hybridized carbons (Fsp3) is 0.375. The zero-order valence-corrected chi connectivity index (χ0v) is 6.17. The highest BCUT2D eigenvalue weighted by Gasteiger charge is 1.85. The molecule has 0 saturated heterocycles. The molecule has 0 atom stereocenters. The lowest BCUT2D eigenvalue weighted by molar-refractivity contribution is 1.01. The summed E-state index contributed by atoms with van der Waals surface area (Å²) in [6, 6.07) is 1.99. The summed E-state index contributed by atoms with van der Waals surface area (Å²) in [5, 5.41) is 6.74. The van der Waals surface area contributed by atoms with Gasteiger partial charge in [0.15, 0.2) is 0 Å². The first kappa shape index (κ1) is 7.06. The van der Waals surface area contributed by atoms with E-state index in [-0.39, 0.29) is 0 Å². The molecule has 1 N–H and O–H groups in total. The summed E-state index contributed by atoms with van der Waals surface area (Å²) >= 11 is 0. The van der Waals surface area contributed by atoms with Crippen molar-refractivity contribution in [1.82, 2.24) is 10.2 Å². The molecule has 10 heavy (non-hydrogen) atoms. The van der Waals surface area contributed by atoms with Gasteiger partial charge < -0.3 is 0 Å². The van der Waals surface area contributed by atoms with E-state index in [1.54, 1.807) is 6.20 Å². The normalized spacial score (nSPS) is 10.9.